The highest BCUT2D eigenvalue weighted by Crippen LogP contribution is 2.15. The van der Waals surface area contributed by atoms with Crippen LogP contribution in [0.5, 0.6) is 11.5 Å². The summed E-state index contributed by atoms with van der Waals surface area (Å²) in [5.74, 6) is -1.15. The van der Waals surface area contributed by atoms with E-state index < -0.39 is 30.1 Å². The monoisotopic (exact) mass is 568 g/mol. The lowest BCUT2D eigenvalue weighted by Crippen LogP contribution is -2.53. The molecule has 0 saturated heterocycles. The molecule has 0 heterocycles. The van der Waals surface area contributed by atoms with Gasteiger partial charge in [0.25, 0.3) is 0 Å². The number of esters is 1. The number of nitrogens with one attached hydrogen (secondary N) is 2. The molecule has 0 aliphatic carbocycles. The Bertz CT molecular complexity index is 1440. The molecule has 4 N–H and O–H groups in total. The van der Waals surface area contributed by atoms with Crippen molar-refractivity contribution in [2.24, 2.45) is 0 Å². The Morgan fingerprint density at radius 2 is 1.00 bits per heavy atom. The predicted octanol–water partition coefficient (Wildman–Crippen LogP) is 4.41. The first-order chi connectivity index (χ1) is 20.4. The molecule has 0 unspecified atom stereocenters. The van der Waals surface area contributed by atoms with Crippen molar-refractivity contribution in [2.75, 3.05) is 0 Å². The molecule has 0 aromatic heterocycles. The number of ether oxygens (including phenoxy) is 2. The van der Waals surface area contributed by atoms with Crippen LogP contribution in [0.15, 0.2) is 109 Å². The lowest BCUT2D eigenvalue weighted by atomic mass is 10.0. The second-order valence-electron chi connectivity index (χ2n) is 9.65. The van der Waals surface area contributed by atoms with Gasteiger partial charge >= 0.3 is 12.1 Å². The van der Waals surface area contributed by atoms with E-state index in [9.17, 15) is 24.6 Å². The third-order valence-electron chi connectivity index (χ3n) is 6.40. The Kier molecular flexibility index (Phi) is 10.5. The maximum atomic E-state index is 13.6. The summed E-state index contributed by atoms with van der Waals surface area (Å²) in [4.78, 5) is 39.5. The summed E-state index contributed by atoms with van der Waals surface area (Å²) >= 11 is 0. The van der Waals surface area contributed by atoms with E-state index in [0.717, 1.165) is 11.1 Å². The minimum atomic E-state index is -1.11. The second-order valence-corrected chi connectivity index (χ2v) is 9.65. The van der Waals surface area contributed by atoms with Crippen LogP contribution in [0.4, 0.5) is 4.79 Å². The van der Waals surface area contributed by atoms with Gasteiger partial charge in [0.1, 0.15) is 36.8 Å². The molecule has 0 bridgehead atoms. The van der Waals surface area contributed by atoms with Crippen LogP contribution in [-0.2, 0) is 45.1 Å². The molecule has 0 fully saturated rings. The number of benzene rings is 4. The molecule has 4 aromatic carbocycles. The molecular formula is C33H32N2O7. The van der Waals surface area contributed by atoms with Crippen LogP contribution in [-0.4, -0.2) is 40.3 Å². The number of carbonyl (C=O) groups excluding carboxylic acids is 3. The van der Waals surface area contributed by atoms with Crippen LogP contribution < -0.4 is 10.6 Å². The molecule has 0 aliphatic rings. The number of alkyl carbamates (subject to hydrolysis) is 1. The number of amides is 2. The van der Waals surface area contributed by atoms with Gasteiger partial charge in [-0.15, -0.1) is 0 Å². The molecule has 0 spiro atoms. The minimum absolute atomic E-state index is 0.00944. The average Bonchev–Trinajstić information content (AvgIpc) is 3.01. The van der Waals surface area contributed by atoms with E-state index in [4.69, 9.17) is 9.47 Å². The highest BCUT2D eigenvalue weighted by molar-refractivity contribution is 5.90. The van der Waals surface area contributed by atoms with E-state index in [2.05, 4.69) is 10.6 Å². The molecule has 9 nitrogen and oxygen atoms in total. The topological polar surface area (TPSA) is 134 Å². The van der Waals surface area contributed by atoms with Crippen molar-refractivity contribution in [3.05, 3.63) is 131 Å². The van der Waals surface area contributed by atoms with E-state index in [1.807, 2.05) is 60.7 Å². The third-order valence-corrected chi connectivity index (χ3v) is 6.40. The summed E-state index contributed by atoms with van der Waals surface area (Å²) in [6.07, 6.45) is -0.652. The molecule has 9 heteroatoms. The number of rotatable bonds is 12. The first-order valence-electron chi connectivity index (χ1n) is 13.4. The highest BCUT2D eigenvalue weighted by atomic mass is 16.5. The second kappa shape index (κ2) is 14.9. The first kappa shape index (κ1) is 29.7. The van der Waals surface area contributed by atoms with Gasteiger partial charge in [0.15, 0.2) is 0 Å². The molecule has 2 atom stereocenters. The van der Waals surface area contributed by atoms with Crippen LogP contribution in [0, 0.1) is 0 Å². The van der Waals surface area contributed by atoms with Crippen LogP contribution in [0.1, 0.15) is 22.3 Å². The third kappa shape index (κ3) is 9.41. The zero-order valence-electron chi connectivity index (χ0n) is 22.8. The highest BCUT2D eigenvalue weighted by Gasteiger charge is 2.29. The van der Waals surface area contributed by atoms with Gasteiger partial charge in [-0.1, -0.05) is 84.9 Å². The van der Waals surface area contributed by atoms with E-state index in [1.165, 1.54) is 24.3 Å². The van der Waals surface area contributed by atoms with Crippen molar-refractivity contribution >= 4 is 18.0 Å². The molecule has 0 radical (unpaired) electrons. The lowest BCUT2D eigenvalue weighted by molar-refractivity contribution is -0.149. The van der Waals surface area contributed by atoms with Gasteiger partial charge in [-0.05, 0) is 46.5 Å². The zero-order valence-corrected chi connectivity index (χ0v) is 22.8. The molecule has 0 aliphatic heterocycles. The molecule has 42 heavy (non-hydrogen) atoms. The Balaban J connectivity index is 1.49. The number of phenolic OH excluding ortho intramolecular Hbond substituents is 2. The molecule has 4 rings (SSSR count). The van der Waals surface area contributed by atoms with E-state index in [1.54, 1.807) is 24.3 Å². The van der Waals surface area contributed by atoms with Crippen molar-refractivity contribution < 1.29 is 34.1 Å². The molecule has 0 saturated carbocycles. The zero-order chi connectivity index (χ0) is 29.7. The molecule has 4 aromatic rings. The van der Waals surface area contributed by atoms with Crippen LogP contribution >= 0.6 is 0 Å². The Morgan fingerprint density at radius 1 is 0.548 bits per heavy atom. The normalized spacial score (nSPS) is 12.0. The van der Waals surface area contributed by atoms with Crippen molar-refractivity contribution in [1.29, 1.82) is 0 Å². The van der Waals surface area contributed by atoms with Gasteiger partial charge in [-0.2, -0.15) is 0 Å². The van der Waals surface area contributed by atoms with Crippen molar-refractivity contribution in [2.45, 2.75) is 38.1 Å². The summed E-state index contributed by atoms with van der Waals surface area (Å²) in [7, 11) is 0. The minimum Gasteiger partial charge on any atom is -0.508 e. The van der Waals surface area contributed by atoms with Gasteiger partial charge in [-0.25, -0.2) is 9.59 Å². The number of phenols is 2. The van der Waals surface area contributed by atoms with Crippen LogP contribution in [0.2, 0.25) is 0 Å². The number of carbonyl (C=O) groups is 3. The Morgan fingerprint density at radius 3 is 1.50 bits per heavy atom. The van der Waals surface area contributed by atoms with E-state index in [-0.39, 0.29) is 37.6 Å². The Labute approximate surface area is 243 Å². The van der Waals surface area contributed by atoms with Gasteiger partial charge in [0.05, 0.1) is 0 Å². The van der Waals surface area contributed by atoms with E-state index >= 15 is 0 Å². The maximum absolute atomic E-state index is 13.6. The lowest BCUT2D eigenvalue weighted by Gasteiger charge is -2.23. The maximum Gasteiger partial charge on any atom is 0.408 e. The largest absolute Gasteiger partial charge is 0.508 e. The van der Waals surface area contributed by atoms with Gasteiger partial charge in [-0.3, -0.25) is 4.79 Å². The van der Waals surface area contributed by atoms with Crippen molar-refractivity contribution in [3.8, 4) is 11.5 Å². The predicted molar refractivity (Wildman–Crippen MR) is 155 cm³/mol. The molecular weight excluding hydrogens is 536 g/mol. The fourth-order valence-electron chi connectivity index (χ4n) is 4.15. The molecule has 216 valence electrons. The van der Waals surface area contributed by atoms with Gasteiger partial charge in [0, 0.05) is 12.8 Å². The SMILES string of the molecule is O=C(N[C@@H](Cc1ccc(O)cc1)C(=O)N[C@H](Cc1ccc(O)cc1)C(=O)OCc1ccccc1)OCc1ccccc1. The summed E-state index contributed by atoms with van der Waals surface area (Å²) in [6, 6.07) is 28.5. The number of hydrogen-bond donors (Lipinski definition) is 4. The number of hydrogen-bond acceptors (Lipinski definition) is 7. The molecule has 2 amide bonds. The van der Waals surface area contributed by atoms with Gasteiger partial charge in [0.2, 0.25) is 5.91 Å². The van der Waals surface area contributed by atoms with Crippen molar-refractivity contribution in [3.63, 3.8) is 0 Å². The number of aromatic hydroxyl groups is 2. The van der Waals surface area contributed by atoms with Crippen LogP contribution in [0.3, 0.4) is 0 Å². The first-order valence-corrected chi connectivity index (χ1v) is 13.4. The Hall–Kier alpha value is -5.31. The summed E-state index contributed by atoms with van der Waals surface area (Å²) < 4.78 is 10.9. The van der Waals surface area contributed by atoms with Gasteiger partial charge < -0.3 is 30.3 Å². The van der Waals surface area contributed by atoms with Crippen LogP contribution in [0.25, 0.3) is 0 Å². The smallest absolute Gasteiger partial charge is 0.408 e. The van der Waals surface area contributed by atoms with Crippen molar-refractivity contribution in [1.82, 2.24) is 10.6 Å². The summed E-state index contributed by atoms with van der Waals surface area (Å²) in [5, 5.41) is 24.6. The quantitative estimate of drug-likeness (QED) is 0.186. The fourth-order valence-corrected chi connectivity index (χ4v) is 4.15. The average molecular weight is 569 g/mol. The van der Waals surface area contributed by atoms with E-state index in [0.29, 0.717) is 11.1 Å². The standard InChI is InChI=1S/C33H32N2O7/c36-27-15-11-23(12-16-27)19-29(35-33(40)42-22-26-9-5-2-6-10-26)31(38)34-30(20-24-13-17-28(37)18-14-24)32(39)41-21-25-7-3-1-4-8-25/h1-18,29-30,36-37H,19-22H2,(H,34,38)(H,35,40)/t29-,30+/m0/s1. The fraction of sp³-hybridized carbons (Fsp3) is 0.182. The summed E-state index contributed by atoms with van der Waals surface area (Å²) in [6.45, 7) is 0.0259. The summed E-state index contributed by atoms with van der Waals surface area (Å²) in [5.41, 5.74) is 2.91.